The zero-order valence-corrected chi connectivity index (χ0v) is 27.8. The van der Waals surface area contributed by atoms with Crippen LogP contribution in [0.3, 0.4) is 0 Å². The number of anilines is 1. The van der Waals surface area contributed by atoms with Gasteiger partial charge in [0.05, 0.1) is 11.3 Å². The maximum absolute atomic E-state index is 13.5. The second kappa shape index (κ2) is 13.9. The van der Waals surface area contributed by atoms with Crippen molar-refractivity contribution in [3.63, 3.8) is 0 Å². The molecule has 1 aliphatic rings. The topological polar surface area (TPSA) is 111 Å². The molecule has 1 aliphatic heterocycles. The van der Waals surface area contributed by atoms with Gasteiger partial charge in [-0.1, -0.05) is 24.3 Å². The molecule has 0 saturated carbocycles. The molecule has 2 atom stereocenters. The molecule has 1 unspecified atom stereocenters. The minimum Gasteiger partial charge on any atom is -0.458 e. The van der Waals surface area contributed by atoms with E-state index in [1.165, 1.54) is 23.9 Å². The highest BCUT2D eigenvalue weighted by Gasteiger charge is 2.35. The number of halogens is 1. The van der Waals surface area contributed by atoms with E-state index in [9.17, 15) is 23.6 Å². The Balaban J connectivity index is 1.44. The number of esters is 2. The number of hydrogen-bond acceptors (Lipinski definition) is 8. The lowest BCUT2D eigenvalue weighted by atomic mass is 10.1. The molecule has 4 rings (SSSR count). The predicted octanol–water partition coefficient (Wildman–Crippen LogP) is 6.91. The van der Waals surface area contributed by atoms with Crippen molar-refractivity contribution in [2.45, 2.75) is 77.5 Å². The van der Waals surface area contributed by atoms with E-state index in [4.69, 9.17) is 14.2 Å². The molecule has 0 spiro atoms. The van der Waals surface area contributed by atoms with Crippen molar-refractivity contribution in [3.05, 3.63) is 94.8 Å². The first-order valence-electron chi connectivity index (χ1n) is 14.8. The summed E-state index contributed by atoms with van der Waals surface area (Å²) in [6.45, 7) is 12.2. The monoisotopic (exact) mass is 650 g/mol. The summed E-state index contributed by atoms with van der Waals surface area (Å²) in [5, 5.41) is 2.29. The van der Waals surface area contributed by atoms with Gasteiger partial charge in [0.15, 0.2) is 0 Å². The number of alkyl carbamates (subject to hydrolysis) is 1. The minimum atomic E-state index is -1.01. The lowest BCUT2D eigenvalue weighted by Gasteiger charge is -2.26. The van der Waals surface area contributed by atoms with Crippen LogP contribution in [0.1, 0.15) is 74.0 Å². The molecule has 1 fully saturated rings. The molecule has 46 heavy (non-hydrogen) atoms. The van der Waals surface area contributed by atoms with Gasteiger partial charge in [0.2, 0.25) is 5.91 Å². The van der Waals surface area contributed by atoms with Crippen LogP contribution in [0.2, 0.25) is 0 Å². The SMILES string of the molecule is Cc1cc(C(=O)Oc2ccc(C[C@H](NC(=O)OC(C)(C)C)C(=O)OC(C)(C)C)cc2)ccc1N1C(=O)CSC1c1ccc(F)cc1. The zero-order valence-electron chi connectivity index (χ0n) is 27.0. The summed E-state index contributed by atoms with van der Waals surface area (Å²) in [5.74, 6) is -1.04. The van der Waals surface area contributed by atoms with Gasteiger partial charge in [0.1, 0.15) is 34.2 Å². The normalized spacial score (nSPS) is 15.7. The third-order valence-corrected chi connectivity index (χ3v) is 7.88. The van der Waals surface area contributed by atoms with Crippen LogP contribution in [-0.2, 0) is 25.5 Å². The molecular formula is C35H39FN2O7S. The Morgan fingerprint density at radius 2 is 1.57 bits per heavy atom. The van der Waals surface area contributed by atoms with E-state index in [1.807, 2.05) is 6.92 Å². The third-order valence-electron chi connectivity index (χ3n) is 6.67. The Labute approximate surface area is 272 Å². The fraction of sp³-hybridized carbons (Fsp3) is 0.371. The number of hydrogen-bond donors (Lipinski definition) is 1. The first-order chi connectivity index (χ1) is 21.5. The number of nitrogens with zero attached hydrogens (tertiary/aromatic N) is 1. The van der Waals surface area contributed by atoms with Gasteiger partial charge in [-0.3, -0.25) is 9.69 Å². The van der Waals surface area contributed by atoms with Crippen LogP contribution < -0.4 is 15.0 Å². The van der Waals surface area contributed by atoms with Crippen molar-refractivity contribution in [1.82, 2.24) is 5.32 Å². The van der Waals surface area contributed by atoms with Gasteiger partial charge >= 0.3 is 18.0 Å². The van der Waals surface area contributed by atoms with Crippen molar-refractivity contribution in [3.8, 4) is 5.75 Å². The molecule has 1 saturated heterocycles. The van der Waals surface area contributed by atoms with Crippen LogP contribution in [0.5, 0.6) is 5.75 Å². The van der Waals surface area contributed by atoms with Crippen molar-refractivity contribution in [2.75, 3.05) is 10.7 Å². The molecule has 0 aliphatic carbocycles. The molecule has 0 aromatic heterocycles. The highest BCUT2D eigenvalue weighted by atomic mass is 32.2. The van der Waals surface area contributed by atoms with E-state index in [0.717, 1.165) is 5.56 Å². The lowest BCUT2D eigenvalue weighted by molar-refractivity contribution is -0.157. The summed E-state index contributed by atoms with van der Waals surface area (Å²) < 4.78 is 29.9. The Hall–Kier alpha value is -4.38. The Morgan fingerprint density at radius 3 is 2.15 bits per heavy atom. The summed E-state index contributed by atoms with van der Waals surface area (Å²) >= 11 is 1.46. The van der Waals surface area contributed by atoms with Crippen LogP contribution in [0.4, 0.5) is 14.9 Å². The van der Waals surface area contributed by atoms with Crippen molar-refractivity contribution < 1.29 is 37.8 Å². The number of carbonyl (C=O) groups excluding carboxylic acids is 4. The highest BCUT2D eigenvalue weighted by Crippen LogP contribution is 2.43. The summed E-state index contributed by atoms with van der Waals surface area (Å²) in [6.07, 6.45) is -0.621. The van der Waals surface area contributed by atoms with E-state index in [2.05, 4.69) is 5.32 Å². The summed E-state index contributed by atoms with van der Waals surface area (Å²) in [5.41, 5.74) is 1.66. The van der Waals surface area contributed by atoms with Gasteiger partial charge < -0.3 is 19.5 Å². The lowest BCUT2D eigenvalue weighted by Crippen LogP contribution is -2.47. The molecule has 3 aromatic carbocycles. The second-order valence-corrected chi connectivity index (χ2v) is 14.0. The smallest absolute Gasteiger partial charge is 0.408 e. The average Bonchev–Trinajstić information content (AvgIpc) is 3.33. The average molecular weight is 651 g/mol. The standard InChI is InChI=1S/C35H39FN2O7S/c1-21-18-24(12-17-28(21)38-29(39)20-46-30(38)23-10-13-25(36)14-11-23)31(40)43-26-15-8-22(9-16-26)19-27(32(41)44-34(2,3)4)37-33(42)45-35(5,6)7/h8-18,27,30H,19-20H2,1-7H3,(H,37,42)/t27-,30?/m0/s1. The number of amides is 2. The Morgan fingerprint density at radius 1 is 0.935 bits per heavy atom. The van der Waals surface area contributed by atoms with Crippen molar-refractivity contribution in [2.24, 2.45) is 0 Å². The Bertz CT molecular complexity index is 1600. The van der Waals surface area contributed by atoms with E-state index in [0.29, 0.717) is 22.4 Å². The maximum atomic E-state index is 13.5. The number of carbonyl (C=O) groups is 4. The number of aryl methyl sites for hydroxylation is 1. The number of ether oxygens (including phenoxy) is 3. The van der Waals surface area contributed by atoms with Gasteiger partial charge in [-0.15, -0.1) is 11.8 Å². The number of thioether (sulfide) groups is 1. The van der Waals surface area contributed by atoms with Gasteiger partial charge in [-0.2, -0.15) is 0 Å². The molecule has 11 heteroatoms. The van der Waals surface area contributed by atoms with Gasteiger partial charge in [0.25, 0.3) is 0 Å². The molecule has 2 amide bonds. The summed E-state index contributed by atoms with van der Waals surface area (Å²) in [6, 6.07) is 16.6. The molecule has 0 radical (unpaired) electrons. The quantitative estimate of drug-likeness (QED) is 0.207. The molecule has 0 bridgehead atoms. The number of nitrogens with one attached hydrogen (secondary N) is 1. The van der Waals surface area contributed by atoms with Gasteiger partial charge in [0, 0.05) is 12.1 Å². The maximum Gasteiger partial charge on any atom is 0.408 e. The number of rotatable bonds is 8. The Kier molecular flexibility index (Phi) is 10.5. The van der Waals surface area contributed by atoms with Crippen LogP contribution in [-0.4, -0.2) is 46.9 Å². The molecular weight excluding hydrogens is 611 g/mol. The fourth-order valence-corrected chi connectivity index (χ4v) is 5.89. The van der Waals surface area contributed by atoms with Crippen molar-refractivity contribution >= 4 is 41.4 Å². The van der Waals surface area contributed by atoms with E-state index in [1.54, 1.807) is 101 Å². The van der Waals surface area contributed by atoms with E-state index >= 15 is 0 Å². The zero-order chi connectivity index (χ0) is 33.8. The van der Waals surface area contributed by atoms with Crippen LogP contribution in [0.25, 0.3) is 0 Å². The summed E-state index contributed by atoms with van der Waals surface area (Å²) in [7, 11) is 0. The van der Waals surface area contributed by atoms with Crippen LogP contribution in [0, 0.1) is 12.7 Å². The predicted molar refractivity (Wildman–Crippen MR) is 174 cm³/mol. The highest BCUT2D eigenvalue weighted by molar-refractivity contribution is 8.00. The van der Waals surface area contributed by atoms with Crippen LogP contribution in [0.15, 0.2) is 66.7 Å². The second-order valence-electron chi connectivity index (χ2n) is 12.9. The largest absolute Gasteiger partial charge is 0.458 e. The van der Waals surface area contributed by atoms with E-state index < -0.39 is 35.3 Å². The molecule has 1 heterocycles. The van der Waals surface area contributed by atoms with Crippen LogP contribution >= 0.6 is 11.8 Å². The van der Waals surface area contributed by atoms with Gasteiger partial charge in [-0.05, 0) is 108 Å². The number of benzene rings is 3. The molecule has 244 valence electrons. The minimum absolute atomic E-state index is 0.0759. The molecule has 3 aromatic rings. The molecule has 1 N–H and O–H groups in total. The molecule has 9 nitrogen and oxygen atoms in total. The third kappa shape index (κ3) is 9.32. The van der Waals surface area contributed by atoms with Crippen molar-refractivity contribution in [1.29, 1.82) is 0 Å². The fourth-order valence-electron chi connectivity index (χ4n) is 4.72. The first-order valence-corrected chi connectivity index (χ1v) is 15.9. The summed E-state index contributed by atoms with van der Waals surface area (Å²) in [4.78, 5) is 52.9. The van der Waals surface area contributed by atoms with E-state index in [-0.39, 0.29) is 35.0 Å². The van der Waals surface area contributed by atoms with Gasteiger partial charge in [-0.25, -0.2) is 18.8 Å². The first kappa shape index (κ1) is 34.5.